The Kier molecular flexibility index (Phi) is 12.4. The molecule has 6 nitrogen and oxygen atoms in total. The normalized spacial score (nSPS) is 16.4. The highest BCUT2D eigenvalue weighted by molar-refractivity contribution is 14.0. The molecule has 1 fully saturated rings. The summed E-state index contributed by atoms with van der Waals surface area (Å²) in [6, 6.07) is 0. The number of amides is 1. The minimum Gasteiger partial charge on any atom is -0.396 e. The third-order valence-electron chi connectivity index (χ3n) is 5.40. The van der Waals surface area contributed by atoms with E-state index in [0.717, 1.165) is 51.3 Å². The number of nitrogens with zero attached hydrogens (tertiary/aromatic N) is 2. The average molecular weight is 468 g/mol. The molecule has 1 aliphatic heterocycles. The Morgan fingerprint density at radius 3 is 2.28 bits per heavy atom. The predicted molar refractivity (Wildman–Crippen MR) is 114 cm³/mol. The summed E-state index contributed by atoms with van der Waals surface area (Å²) in [5.41, 5.74) is -0.113. The molecule has 148 valence electrons. The number of likely N-dealkylation sites (tertiary alicyclic amines) is 1. The molecule has 0 aliphatic carbocycles. The van der Waals surface area contributed by atoms with Crippen LogP contribution in [0, 0.1) is 11.3 Å². The zero-order chi connectivity index (χ0) is 18.0. The number of aliphatic hydroxyl groups is 1. The van der Waals surface area contributed by atoms with E-state index < -0.39 is 0 Å². The molecule has 1 heterocycles. The molecule has 3 N–H and O–H groups in total. The van der Waals surface area contributed by atoms with Crippen molar-refractivity contribution in [3.63, 3.8) is 0 Å². The van der Waals surface area contributed by atoms with Crippen LogP contribution in [0.1, 0.15) is 52.9 Å². The van der Waals surface area contributed by atoms with Gasteiger partial charge in [-0.3, -0.25) is 9.79 Å². The first-order valence-electron chi connectivity index (χ1n) is 9.38. The van der Waals surface area contributed by atoms with Crippen molar-refractivity contribution in [2.24, 2.45) is 16.3 Å². The summed E-state index contributed by atoms with van der Waals surface area (Å²) in [5, 5.41) is 15.8. The number of halogens is 1. The van der Waals surface area contributed by atoms with Crippen molar-refractivity contribution < 1.29 is 9.90 Å². The van der Waals surface area contributed by atoms with Gasteiger partial charge >= 0.3 is 0 Å². The van der Waals surface area contributed by atoms with Crippen LogP contribution in [-0.2, 0) is 4.79 Å². The molecule has 0 aromatic heterocycles. The molecule has 1 amide bonds. The van der Waals surface area contributed by atoms with Gasteiger partial charge in [0.15, 0.2) is 5.96 Å². The number of guanidine groups is 1. The van der Waals surface area contributed by atoms with Crippen LogP contribution in [0.2, 0.25) is 0 Å². The Hall–Kier alpha value is -0.570. The molecule has 0 aromatic carbocycles. The third-order valence-corrected chi connectivity index (χ3v) is 5.40. The van der Waals surface area contributed by atoms with Crippen LogP contribution >= 0.6 is 24.0 Å². The molecule has 1 rings (SSSR count). The van der Waals surface area contributed by atoms with Gasteiger partial charge in [0, 0.05) is 38.5 Å². The van der Waals surface area contributed by atoms with Crippen LogP contribution < -0.4 is 10.6 Å². The van der Waals surface area contributed by atoms with Crippen LogP contribution in [0.3, 0.4) is 0 Å². The molecule has 25 heavy (non-hydrogen) atoms. The second-order valence-corrected chi connectivity index (χ2v) is 6.84. The van der Waals surface area contributed by atoms with Crippen molar-refractivity contribution in [3.05, 3.63) is 0 Å². The van der Waals surface area contributed by atoms with Crippen molar-refractivity contribution in [3.8, 4) is 0 Å². The van der Waals surface area contributed by atoms with Crippen molar-refractivity contribution in [2.45, 2.75) is 52.9 Å². The van der Waals surface area contributed by atoms with Crippen LogP contribution in [0.4, 0.5) is 0 Å². The lowest BCUT2D eigenvalue weighted by molar-refractivity contribution is -0.121. The fourth-order valence-corrected chi connectivity index (χ4v) is 3.13. The first-order valence-corrected chi connectivity index (χ1v) is 9.38. The van der Waals surface area contributed by atoms with Crippen LogP contribution in [0.15, 0.2) is 4.99 Å². The maximum absolute atomic E-state index is 11.5. The van der Waals surface area contributed by atoms with Crippen molar-refractivity contribution in [1.29, 1.82) is 0 Å². The average Bonchev–Trinajstić information content (AvgIpc) is 2.63. The predicted octanol–water partition coefficient (Wildman–Crippen LogP) is 2.22. The Labute approximate surface area is 170 Å². The SMILES string of the molecule is CCNC(=NCC(CC)(CC)CO)N1CCC(CC(=O)NC)CC1.I. The number of rotatable bonds is 8. The fourth-order valence-electron chi connectivity index (χ4n) is 3.13. The van der Waals surface area contributed by atoms with Gasteiger partial charge in [0.25, 0.3) is 0 Å². The van der Waals surface area contributed by atoms with Crippen molar-refractivity contribution in [1.82, 2.24) is 15.5 Å². The van der Waals surface area contributed by atoms with E-state index >= 15 is 0 Å². The summed E-state index contributed by atoms with van der Waals surface area (Å²) < 4.78 is 0. The topological polar surface area (TPSA) is 77.0 Å². The van der Waals surface area contributed by atoms with E-state index in [2.05, 4.69) is 36.3 Å². The van der Waals surface area contributed by atoms with E-state index in [1.54, 1.807) is 7.05 Å². The zero-order valence-electron chi connectivity index (χ0n) is 16.3. The number of aliphatic hydroxyl groups excluding tert-OH is 1. The summed E-state index contributed by atoms with van der Waals surface area (Å²) in [6.07, 6.45) is 4.51. The molecule has 0 bridgehead atoms. The lowest BCUT2D eigenvalue weighted by Crippen LogP contribution is -2.46. The fraction of sp³-hybridized carbons (Fsp3) is 0.889. The van der Waals surface area contributed by atoms with Gasteiger partial charge in [0.05, 0.1) is 13.2 Å². The van der Waals surface area contributed by atoms with E-state index in [4.69, 9.17) is 4.99 Å². The van der Waals surface area contributed by atoms with E-state index in [-0.39, 0.29) is 41.9 Å². The molecule has 0 spiro atoms. The van der Waals surface area contributed by atoms with Gasteiger partial charge in [-0.2, -0.15) is 0 Å². The molecule has 0 atom stereocenters. The lowest BCUT2D eigenvalue weighted by Gasteiger charge is -2.35. The molecule has 7 heteroatoms. The molecule has 1 saturated heterocycles. The Balaban J connectivity index is 0.00000576. The van der Waals surface area contributed by atoms with Gasteiger partial charge in [-0.25, -0.2) is 0 Å². The van der Waals surface area contributed by atoms with Gasteiger partial charge in [-0.1, -0.05) is 13.8 Å². The molecule has 0 saturated carbocycles. The summed E-state index contributed by atoms with van der Waals surface area (Å²) >= 11 is 0. The monoisotopic (exact) mass is 468 g/mol. The molecule has 0 aromatic rings. The Bertz CT molecular complexity index is 398. The Morgan fingerprint density at radius 1 is 1.24 bits per heavy atom. The minimum absolute atomic E-state index is 0. The Morgan fingerprint density at radius 2 is 1.84 bits per heavy atom. The number of carbonyl (C=O) groups is 1. The maximum atomic E-state index is 11.5. The maximum Gasteiger partial charge on any atom is 0.220 e. The van der Waals surface area contributed by atoms with Crippen LogP contribution in [0.5, 0.6) is 0 Å². The van der Waals surface area contributed by atoms with E-state index in [0.29, 0.717) is 18.9 Å². The quantitative estimate of drug-likeness (QED) is 0.290. The number of hydrogen-bond acceptors (Lipinski definition) is 3. The van der Waals surface area contributed by atoms with Gasteiger partial charge < -0.3 is 20.6 Å². The second kappa shape index (κ2) is 12.7. The zero-order valence-corrected chi connectivity index (χ0v) is 18.6. The van der Waals surface area contributed by atoms with Crippen LogP contribution in [0.25, 0.3) is 0 Å². The molecular weight excluding hydrogens is 431 g/mol. The summed E-state index contributed by atoms with van der Waals surface area (Å²) in [6.45, 7) is 9.83. The number of aliphatic imine (C=N–C) groups is 1. The third kappa shape index (κ3) is 7.68. The standard InChI is InChI=1S/C18H36N4O2.HI/c1-5-18(6-2,14-23)13-21-17(20-7-3)22-10-8-15(9-11-22)12-16(24)19-4;/h15,23H,5-14H2,1-4H3,(H,19,24)(H,20,21);1H. The highest BCUT2D eigenvalue weighted by Crippen LogP contribution is 2.26. The van der Waals surface area contributed by atoms with E-state index in [1.165, 1.54) is 0 Å². The van der Waals surface area contributed by atoms with Crippen molar-refractivity contribution in [2.75, 3.05) is 39.8 Å². The first kappa shape index (κ1) is 24.4. The van der Waals surface area contributed by atoms with Gasteiger partial charge in [0.1, 0.15) is 0 Å². The molecule has 1 aliphatic rings. The molecule has 0 radical (unpaired) electrons. The number of hydrogen-bond donors (Lipinski definition) is 3. The number of nitrogens with one attached hydrogen (secondary N) is 2. The van der Waals surface area contributed by atoms with Crippen LogP contribution in [-0.4, -0.2) is 61.7 Å². The van der Waals surface area contributed by atoms with E-state index in [9.17, 15) is 9.90 Å². The van der Waals surface area contributed by atoms with Crippen molar-refractivity contribution >= 4 is 35.8 Å². The second-order valence-electron chi connectivity index (χ2n) is 6.84. The minimum atomic E-state index is -0.113. The first-order chi connectivity index (χ1) is 11.5. The smallest absolute Gasteiger partial charge is 0.220 e. The molecular formula is C18H37IN4O2. The summed E-state index contributed by atoms with van der Waals surface area (Å²) in [5.74, 6) is 1.54. The number of piperidine rings is 1. The molecule has 0 unspecified atom stereocenters. The highest BCUT2D eigenvalue weighted by atomic mass is 127. The number of carbonyl (C=O) groups excluding carboxylic acids is 1. The highest BCUT2D eigenvalue weighted by Gasteiger charge is 2.27. The van der Waals surface area contributed by atoms with Gasteiger partial charge in [-0.05, 0) is 38.5 Å². The van der Waals surface area contributed by atoms with Gasteiger partial charge in [-0.15, -0.1) is 24.0 Å². The summed E-state index contributed by atoms with van der Waals surface area (Å²) in [7, 11) is 1.70. The largest absolute Gasteiger partial charge is 0.396 e. The van der Waals surface area contributed by atoms with E-state index in [1.807, 2.05) is 0 Å². The summed E-state index contributed by atoms with van der Waals surface area (Å²) in [4.78, 5) is 18.6. The van der Waals surface area contributed by atoms with Gasteiger partial charge in [0.2, 0.25) is 5.91 Å². The lowest BCUT2D eigenvalue weighted by atomic mass is 9.83.